The van der Waals surface area contributed by atoms with Crippen molar-refractivity contribution in [1.29, 1.82) is 0 Å². The molecule has 0 radical (unpaired) electrons. The zero-order valence-corrected chi connectivity index (χ0v) is 12.8. The number of nitrogens with zero attached hydrogens (tertiary/aromatic N) is 1. The number of aromatic nitrogens is 1. The van der Waals surface area contributed by atoms with Crippen LogP contribution in [0.2, 0.25) is 0 Å². The standard InChI is InChI=1S/C14H18N2O3S/c1-8(2)19-14(18)11-5-9(3)16-10(6-12(17)15-4)7-20-13(11)16/h5,7-8H,6H2,1-4H3,(H,15,17). The Hall–Kier alpha value is -1.82. The van der Waals surface area contributed by atoms with Crippen LogP contribution >= 0.6 is 11.3 Å². The average molecular weight is 294 g/mol. The highest BCUT2D eigenvalue weighted by atomic mass is 32.1. The fraction of sp³-hybridized carbons (Fsp3) is 0.429. The molecule has 2 aromatic heterocycles. The van der Waals surface area contributed by atoms with Crippen molar-refractivity contribution in [3.05, 3.63) is 28.4 Å². The fourth-order valence-corrected chi connectivity index (χ4v) is 3.14. The minimum absolute atomic E-state index is 0.0518. The lowest BCUT2D eigenvalue weighted by molar-refractivity contribution is -0.120. The Bertz CT molecular complexity index is 655. The molecular weight excluding hydrogens is 276 g/mol. The van der Waals surface area contributed by atoms with Crippen molar-refractivity contribution in [2.45, 2.75) is 33.3 Å². The van der Waals surface area contributed by atoms with E-state index >= 15 is 0 Å². The van der Waals surface area contributed by atoms with Gasteiger partial charge in [-0.05, 0) is 26.8 Å². The molecule has 0 saturated heterocycles. The maximum absolute atomic E-state index is 12.1. The molecular formula is C14H18N2O3S. The number of ether oxygens (including phenoxy) is 1. The van der Waals surface area contributed by atoms with Gasteiger partial charge < -0.3 is 14.5 Å². The number of carbonyl (C=O) groups is 2. The van der Waals surface area contributed by atoms with E-state index in [1.165, 1.54) is 11.3 Å². The lowest BCUT2D eigenvalue weighted by atomic mass is 10.3. The van der Waals surface area contributed by atoms with Gasteiger partial charge in [-0.3, -0.25) is 4.79 Å². The third-order valence-electron chi connectivity index (χ3n) is 2.92. The molecule has 0 aromatic carbocycles. The number of aryl methyl sites for hydroxylation is 1. The van der Waals surface area contributed by atoms with E-state index in [4.69, 9.17) is 4.74 Å². The Morgan fingerprint density at radius 1 is 1.45 bits per heavy atom. The smallest absolute Gasteiger partial charge is 0.341 e. The SMILES string of the molecule is CNC(=O)Cc1csc2c(C(=O)OC(C)C)cc(C)n12. The fourth-order valence-electron chi connectivity index (χ4n) is 2.06. The minimum Gasteiger partial charge on any atom is -0.459 e. The third kappa shape index (κ3) is 2.70. The number of hydrogen-bond acceptors (Lipinski definition) is 4. The Kier molecular flexibility index (Phi) is 4.13. The summed E-state index contributed by atoms with van der Waals surface area (Å²) >= 11 is 1.45. The molecule has 108 valence electrons. The summed E-state index contributed by atoms with van der Waals surface area (Å²) < 4.78 is 7.19. The maximum atomic E-state index is 12.1. The Labute approximate surface area is 121 Å². The molecule has 20 heavy (non-hydrogen) atoms. The molecule has 2 heterocycles. The summed E-state index contributed by atoms with van der Waals surface area (Å²) in [5.74, 6) is -0.372. The number of fused-ring (bicyclic) bond motifs is 1. The van der Waals surface area contributed by atoms with E-state index in [0.717, 1.165) is 16.2 Å². The van der Waals surface area contributed by atoms with Gasteiger partial charge in [-0.15, -0.1) is 11.3 Å². The van der Waals surface area contributed by atoms with Crippen LogP contribution in [0.4, 0.5) is 0 Å². The van der Waals surface area contributed by atoms with Crippen LogP contribution < -0.4 is 5.32 Å². The van der Waals surface area contributed by atoms with E-state index in [-0.39, 0.29) is 18.0 Å². The number of nitrogens with one attached hydrogen (secondary N) is 1. The molecule has 0 unspecified atom stereocenters. The van der Waals surface area contributed by atoms with Crippen LogP contribution in [-0.4, -0.2) is 29.4 Å². The van der Waals surface area contributed by atoms with E-state index in [1.54, 1.807) is 7.05 Å². The Balaban J connectivity index is 2.41. The van der Waals surface area contributed by atoms with Gasteiger partial charge in [0.1, 0.15) is 4.83 Å². The van der Waals surface area contributed by atoms with Crippen molar-refractivity contribution in [3.8, 4) is 0 Å². The first-order valence-corrected chi connectivity index (χ1v) is 7.32. The summed E-state index contributed by atoms with van der Waals surface area (Å²) in [5, 5.41) is 4.51. The monoisotopic (exact) mass is 294 g/mol. The van der Waals surface area contributed by atoms with E-state index in [9.17, 15) is 9.59 Å². The van der Waals surface area contributed by atoms with Crippen LogP contribution in [0.15, 0.2) is 11.4 Å². The normalized spacial score (nSPS) is 11.1. The lowest BCUT2D eigenvalue weighted by Crippen LogP contribution is -2.20. The molecule has 2 rings (SSSR count). The van der Waals surface area contributed by atoms with E-state index in [1.807, 2.05) is 36.6 Å². The van der Waals surface area contributed by atoms with E-state index in [0.29, 0.717) is 12.0 Å². The molecule has 0 fully saturated rings. The van der Waals surface area contributed by atoms with Gasteiger partial charge in [0.05, 0.1) is 18.1 Å². The molecule has 0 aliphatic heterocycles. The molecule has 6 heteroatoms. The number of carbonyl (C=O) groups excluding carboxylic acids is 2. The number of thiazole rings is 1. The van der Waals surface area contributed by atoms with Crippen molar-refractivity contribution in [2.75, 3.05) is 7.05 Å². The van der Waals surface area contributed by atoms with Crippen molar-refractivity contribution in [2.24, 2.45) is 0 Å². The second-order valence-electron chi connectivity index (χ2n) is 4.87. The first kappa shape index (κ1) is 14.6. The van der Waals surface area contributed by atoms with Crippen LogP contribution in [0.3, 0.4) is 0 Å². The van der Waals surface area contributed by atoms with Gasteiger partial charge in [0, 0.05) is 23.8 Å². The van der Waals surface area contributed by atoms with Crippen LogP contribution in [0, 0.1) is 6.92 Å². The number of esters is 1. The van der Waals surface area contributed by atoms with Crippen molar-refractivity contribution < 1.29 is 14.3 Å². The van der Waals surface area contributed by atoms with Gasteiger partial charge in [-0.1, -0.05) is 0 Å². The van der Waals surface area contributed by atoms with Gasteiger partial charge >= 0.3 is 5.97 Å². The molecule has 0 aliphatic carbocycles. The number of rotatable bonds is 4. The number of likely N-dealkylation sites (N-methyl/N-ethyl adjacent to an activating group) is 1. The van der Waals surface area contributed by atoms with Gasteiger partial charge in [0.2, 0.25) is 5.91 Å². The zero-order valence-electron chi connectivity index (χ0n) is 12.0. The molecule has 0 aliphatic rings. The highest BCUT2D eigenvalue weighted by molar-refractivity contribution is 7.16. The van der Waals surface area contributed by atoms with Crippen LogP contribution in [0.25, 0.3) is 4.83 Å². The lowest BCUT2D eigenvalue weighted by Gasteiger charge is -2.05. The number of amides is 1. The molecule has 1 N–H and O–H groups in total. The second kappa shape index (κ2) is 5.66. The van der Waals surface area contributed by atoms with Crippen LogP contribution in [-0.2, 0) is 16.0 Å². The maximum Gasteiger partial charge on any atom is 0.341 e. The van der Waals surface area contributed by atoms with Gasteiger partial charge in [0.15, 0.2) is 0 Å². The quantitative estimate of drug-likeness (QED) is 0.879. The predicted molar refractivity (Wildman–Crippen MR) is 78.3 cm³/mol. The molecule has 0 spiro atoms. The molecule has 0 bridgehead atoms. The zero-order chi connectivity index (χ0) is 14.9. The highest BCUT2D eigenvalue weighted by Crippen LogP contribution is 2.26. The second-order valence-corrected chi connectivity index (χ2v) is 5.73. The van der Waals surface area contributed by atoms with Crippen molar-refractivity contribution in [1.82, 2.24) is 9.72 Å². The summed E-state index contributed by atoms with van der Waals surface area (Å²) in [6.45, 7) is 5.56. The summed E-state index contributed by atoms with van der Waals surface area (Å²) in [7, 11) is 1.61. The van der Waals surface area contributed by atoms with Crippen molar-refractivity contribution >= 4 is 28.0 Å². The molecule has 0 saturated carbocycles. The van der Waals surface area contributed by atoms with E-state index < -0.39 is 0 Å². The number of hydrogen-bond donors (Lipinski definition) is 1. The van der Waals surface area contributed by atoms with Gasteiger partial charge in [-0.2, -0.15) is 0 Å². The molecule has 2 aromatic rings. The topological polar surface area (TPSA) is 59.8 Å². The van der Waals surface area contributed by atoms with Crippen LogP contribution in [0.5, 0.6) is 0 Å². The molecule has 1 amide bonds. The highest BCUT2D eigenvalue weighted by Gasteiger charge is 2.20. The predicted octanol–water partition coefficient (Wildman–Crippen LogP) is 2.16. The Morgan fingerprint density at radius 3 is 2.75 bits per heavy atom. The Morgan fingerprint density at radius 2 is 2.15 bits per heavy atom. The molecule has 5 nitrogen and oxygen atoms in total. The summed E-state index contributed by atoms with van der Waals surface area (Å²) in [6, 6.07) is 1.81. The van der Waals surface area contributed by atoms with Gasteiger partial charge in [-0.25, -0.2) is 4.79 Å². The van der Waals surface area contributed by atoms with Gasteiger partial charge in [0.25, 0.3) is 0 Å². The summed E-state index contributed by atoms with van der Waals surface area (Å²) in [5.41, 5.74) is 2.37. The minimum atomic E-state index is -0.320. The van der Waals surface area contributed by atoms with E-state index in [2.05, 4.69) is 5.32 Å². The summed E-state index contributed by atoms with van der Waals surface area (Å²) in [4.78, 5) is 24.4. The largest absolute Gasteiger partial charge is 0.459 e. The summed E-state index contributed by atoms with van der Waals surface area (Å²) in [6.07, 6.45) is 0.146. The molecule has 0 atom stereocenters. The average Bonchev–Trinajstić information content (AvgIpc) is 2.91. The first-order valence-electron chi connectivity index (χ1n) is 6.44. The van der Waals surface area contributed by atoms with Crippen LogP contribution in [0.1, 0.15) is 35.6 Å². The van der Waals surface area contributed by atoms with Crippen molar-refractivity contribution in [3.63, 3.8) is 0 Å². The third-order valence-corrected chi connectivity index (χ3v) is 3.93. The first-order chi connectivity index (χ1) is 9.43.